The van der Waals surface area contributed by atoms with Crippen molar-refractivity contribution in [1.29, 1.82) is 0 Å². The van der Waals surface area contributed by atoms with Crippen LogP contribution in [0.5, 0.6) is 11.5 Å². The van der Waals surface area contributed by atoms with Crippen molar-refractivity contribution in [2.45, 2.75) is 0 Å². The van der Waals surface area contributed by atoms with Crippen LogP contribution < -0.4 is 20.1 Å². The molecule has 0 aliphatic heterocycles. The number of rotatable bonds is 9. The van der Waals surface area contributed by atoms with Crippen molar-refractivity contribution in [3.63, 3.8) is 0 Å². The van der Waals surface area contributed by atoms with Gasteiger partial charge >= 0.3 is 0 Å². The van der Waals surface area contributed by atoms with E-state index in [1.165, 1.54) is 0 Å². The van der Waals surface area contributed by atoms with Crippen LogP contribution in [0.25, 0.3) is 33.4 Å². The molecule has 6 rings (SSSR count). The zero-order chi connectivity index (χ0) is 31.9. The molecule has 2 amide bonds. The fourth-order valence-electron chi connectivity index (χ4n) is 5.23. The Bertz CT molecular complexity index is 1830. The van der Waals surface area contributed by atoms with Crippen molar-refractivity contribution in [3.8, 4) is 44.9 Å². The summed E-state index contributed by atoms with van der Waals surface area (Å²) in [5.74, 6) is 0.563. The van der Waals surface area contributed by atoms with E-state index < -0.39 is 0 Å². The molecule has 6 heteroatoms. The molecule has 0 spiro atoms. The zero-order valence-electron chi connectivity index (χ0n) is 25.5. The van der Waals surface area contributed by atoms with Gasteiger partial charge in [-0.15, -0.1) is 0 Å². The molecule has 6 nitrogen and oxygen atoms in total. The van der Waals surface area contributed by atoms with Gasteiger partial charge in [0, 0.05) is 11.1 Å². The van der Waals surface area contributed by atoms with Gasteiger partial charge in [0.05, 0.1) is 25.6 Å². The van der Waals surface area contributed by atoms with E-state index in [-0.39, 0.29) is 11.8 Å². The molecule has 0 aromatic heterocycles. The summed E-state index contributed by atoms with van der Waals surface area (Å²) in [5.41, 5.74) is 8.16. The van der Waals surface area contributed by atoms with Crippen LogP contribution in [0.1, 0.15) is 20.7 Å². The predicted octanol–water partition coefficient (Wildman–Crippen LogP) is 9.21. The Labute approximate surface area is 268 Å². The Morgan fingerprint density at radius 1 is 0.413 bits per heavy atom. The average molecular weight is 605 g/mol. The van der Waals surface area contributed by atoms with Crippen LogP contribution in [0.2, 0.25) is 0 Å². The summed E-state index contributed by atoms with van der Waals surface area (Å²) in [4.78, 5) is 26.1. The maximum absolute atomic E-state index is 13.1. The van der Waals surface area contributed by atoms with Crippen molar-refractivity contribution in [2.75, 3.05) is 24.9 Å². The third-order valence-corrected chi connectivity index (χ3v) is 7.74. The van der Waals surface area contributed by atoms with Gasteiger partial charge in [-0.1, -0.05) is 97.1 Å². The monoisotopic (exact) mass is 604 g/mol. The van der Waals surface area contributed by atoms with Gasteiger partial charge in [-0.3, -0.25) is 9.59 Å². The lowest BCUT2D eigenvalue weighted by Crippen LogP contribution is -2.13. The standard InChI is InChI=1S/C40H32N2O4/c1-45-37-25-33(21-23-35(37)41-39(43)31-17-13-29(14-18-31)27-9-5-3-6-10-27)34-22-24-36(38(26-34)46-2)42-40(44)32-19-15-30(16-20-32)28-11-7-4-8-12-28/h3-26H,1-2H3,(H,41,43)(H,42,44). The van der Waals surface area contributed by atoms with Crippen LogP contribution in [-0.2, 0) is 0 Å². The number of nitrogens with one attached hydrogen (secondary N) is 2. The largest absolute Gasteiger partial charge is 0.495 e. The quantitative estimate of drug-likeness (QED) is 0.173. The van der Waals surface area contributed by atoms with E-state index in [2.05, 4.69) is 10.6 Å². The van der Waals surface area contributed by atoms with E-state index in [0.717, 1.165) is 33.4 Å². The minimum Gasteiger partial charge on any atom is -0.495 e. The number of anilines is 2. The number of carbonyl (C=O) groups excluding carboxylic acids is 2. The predicted molar refractivity (Wildman–Crippen MR) is 185 cm³/mol. The van der Waals surface area contributed by atoms with Crippen LogP contribution in [0.4, 0.5) is 11.4 Å². The second-order valence-electron chi connectivity index (χ2n) is 10.6. The molecule has 0 atom stereocenters. The van der Waals surface area contributed by atoms with Crippen LogP contribution in [0.3, 0.4) is 0 Å². The molecular weight excluding hydrogens is 572 g/mol. The fourth-order valence-corrected chi connectivity index (χ4v) is 5.23. The molecule has 0 saturated heterocycles. The first kappa shape index (κ1) is 29.9. The lowest BCUT2D eigenvalue weighted by atomic mass is 10.0. The highest BCUT2D eigenvalue weighted by Crippen LogP contribution is 2.35. The third-order valence-electron chi connectivity index (χ3n) is 7.74. The van der Waals surface area contributed by atoms with Crippen molar-refractivity contribution in [3.05, 3.63) is 157 Å². The second-order valence-corrected chi connectivity index (χ2v) is 10.6. The van der Waals surface area contributed by atoms with Gasteiger partial charge in [0.15, 0.2) is 0 Å². The summed E-state index contributed by atoms with van der Waals surface area (Å²) >= 11 is 0. The van der Waals surface area contributed by atoms with Crippen molar-refractivity contribution in [2.24, 2.45) is 0 Å². The number of carbonyl (C=O) groups is 2. The molecule has 0 heterocycles. The van der Waals surface area contributed by atoms with Gasteiger partial charge in [-0.25, -0.2) is 0 Å². The molecule has 46 heavy (non-hydrogen) atoms. The number of ether oxygens (including phenoxy) is 2. The molecule has 226 valence electrons. The van der Waals surface area contributed by atoms with Crippen LogP contribution in [0.15, 0.2) is 146 Å². The summed E-state index contributed by atoms with van der Waals surface area (Å²) in [5, 5.41) is 5.92. The summed E-state index contributed by atoms with van der Waals surface area (Å²) in [6.07, 6.45) is 0. The van der Waals surface area contributed by atoms with E-state index in [9.17, 15) is 9.59 Å². The Morgan fingerprint density at radius 2 is 0.739 bits per heavy atom. The second kappa shape index (κ2) is 13.7. The molecule has 0 bridgehead atoms. The highest BCUT2D eigenvalue weighted by Gasteiger charge is 2.15. The third kappa shape index (κ3) is 6.66. The number of methoxy groups -OCH3 is 2. The van der Waals surface area contributed by atoms with Gasteiger partial charge in [0.25, 0.3) is 11.8 Å². The minimum atomic E-state index is -0.234. The highest BCUT2D eigenvalue weighted by molar-refractivity contribution is 6.06. The molecule has 0 radical (unpaired) electrons. The minimum absolute atomic E-state index is 0.234. The molecule has 0 saturated carbocycles. The van der Waals surface area contributed by atoms with Crippen LogP contribution in [0, 0.1) is 0 Å². The van der Waals surface area contributed by atoms with Gasteiger partial charge in [0.2, 0.25) is 0 Å². The highest BCUT2D eigenvalue weighted by atomic mass is 16.5. The van der Waals surface area contributed by atoms with Gasteiger partial charge in [-0.2, -0.15) is 0 Å². The zero-order valence-corrected chi connectivity index (χ0v) is 25.5. The average Bonchev–Trinajstić information content (AvgIpc) is 3.12. The molecule has 0 unspecified atom stereocenters. The van der Waals surface area contributed by atoms with E-state index >= 15 is 0 Å². The summed E-state index contributed by atoms with van der Waals surface area (Å²) < 4.78 is 11.3. The Kier molecular flexibility index (Phi) is 8.88. The first-order valence-electron chi connectivity index (χ1n) is 14.8. The topological polar surface area (TPSA) is 76.7 Å². The van der Waals surface area contributed by atoms with E-state index in [1.54, 1.807) is 14.2 Å². The summed E-state index contributed by atoms with van der Waals surface area (Å²) in [6.45, 7) is 0. The first-order chi connectivity index (χ1) is 22.5. The maximum Gasteiger partial charge on any atom is 0.255 e. The summed E-state index contributed by atoms with van der Waals surface area (Å²) in [7, 11) is 3.13. The van der Waals surface area contributed by atoms with E-state index in [4.69, 9.17) is 9.47 Å². The smallest absolute Gasteiger partial charge is 0.255 e. The van der Waals surface area contributed by atoms with Crippen LogP contribution >= 0.6 is 0 Å². The molecule has 0 aliphatic rings. The molecule has 0 fully saturated rings. The maximum atomic E-state index is 13.1. The number of hydrogen-bond donors (Lipinski definition) is 2. The lowest BCUT2D eigenvalue weighted by Gasteiger charge is -2.15. The molecule has 6 aromatic carbocycles. The fraction of sp³-hybridized carbons (Fsp3) is 0.0500. The number of benzene rings is 6. The molecule has 2 N–H and O–H groups in total. The summed E-state index contributed by atoms with van der Waals surface area (Å²) in [6, 6.07) is 46.2. The van der Waals surface area contributed by atoms with Crippen LogP contribution in [-0.4, -0.2) is 26.0 Å². The SMILES string of the molecule is COc1cc(-c2ccc(NC(=O)c3ccc(-c4ccccc4)cc3)c(OC)c2)ccc1NC(=O)c1ccc(-c2ccccc2)cc1. The van der Waals surface area contributed by atoms with Crippen molar-refractivity contribution in [1.82, 2.24) is 0 Å². The molecule has 0 aliphatic carbocycles. The molecular formula is C40H32N2O4. The van der Waals surface area contributed by atoms with E-state index in [0.29, 0.717) is 34.0 Å². The Hall–Kier alpha value is -6.14. The normalized spacial score (nSPS) is 10.6. The van der Waals surface area contributed by atoms with Gasteiger partial charge < -0.3 is 20.1 Å². The Balaban J connectivity index is 1.15. The van der Waals surface area contributed by atoms with Gasteiger partial charge in [0.1, 0.15) is 11.5 Å². The first-order valence-corrected chi connectivity index (χ1v) is 14.8. The van der Waals surface area contributed by atoms with Crippen molar-refractivity contribution >= 4 is 23.2 Å². The van der Waals surface area contributed by atoms with E-state index in [1.807, 2.05) is 146 Å². The number of hydrogen-bond acceptors (Lipinski definition) is 4. The van der Waals surface area contributed by atoms with Gasteiger partial charge in [-0.05, 0) is 81.9 Å². The molecule has 6 aromatic rings. The van der Waals surface area contributed by atoms with Crippen molar-refractivity contribution < 1.29 is 19.1 Å². The number of amides is 2. The lowest BCUT2D eigenvalue weighted by molar-refractivity contribution is 0.101. The Morgan fingerprint density at radius 3 is 1.09 bits per heavy atom.